The quantitative estimate of drug-likeness (QED) is 0.565. The van der Waals surface area contributed by atoms with Gasteiger partial charge in [-0.1, -0.05) is 30.3 Å². The van der Waals surface area contributed by atoms with E-state index in [1.807, 2.05) is 12.3 Å². The Labute approximate surface area is 193 Å². The second-order valence-corrected chi connectivity index (χ2v) is 7.76. The van der Waals surface area contributed by atoms with E-state index in [1.165, 1.54) is 11.3 Å². The molecule has 1 amide bonds. The number of halogens is 3. The van der Waals surface area contributed by atoms with E-state index in [0.29, 0.717) is 12.2 Å². The average molecular weight is 478 g/mol. The number of fused-ring (bicyclic) bond motifs is 1. The Hall–Kier alpha value is -3.67. The van der Waals surface area contributed by atoms with Crippen LogP contribution in [0.4, 0.5) is 13.2 Å². The van der Waals surface area contributed by atoms with Crippen molar-refractivity contribution in [1.82, 2.24) is 29.8 Å². The van der Waals surface area contributed by atoms with Crippen molar-refractivity contribution in [2.24, 2.45) is 7.05 Å². The predicted octanol–water partition coefficient (Wildman–Crippen LogP) is 2.63. The van der Waals surface area contributed by atoms with Gasteiger partial charge in [0, 0.05) is 45.6 Å². The third-order valence-corrected chi connectivity index (χ3v) is 5.26. The van der Waals surface area contributed by atoms with Crippen LogP contribution in [0.15, 0.2) is 54.9 Å². The summed E-state index contributed by atoms with van der Waals surface area (Å²) in [6, 6.07) is 14.6. The highest BCUT2D eigenvalue weighted by molar-refractivity contribution is 5.92. The first-order chi connectivity index (χ1) is 16.1. The van der Waals surface area contributed by atoms with Crippen LogP contribution in [0.5, 0.6) is 0 Å². The van der Waals surface area contributed by atoms with Crippen LogP contribution in [0.3, 0.4) is 0 Å². The number of aryl methyl sites for hydroxylation is 1. The third kappa shape index (κ3) is 6.67. The van der Waals surface area contributed by atoms with Gasteiger partial charge < -0.3 is 10.4 Å². The number of rotatable bonds is 6. The van der Waals surface area contributed by atoms with Crippen LogP contribution in [0.2, 0.25) is 0 Å². The third-order valence-electron chi connectivity index (χ3n) is 5.26. The first kappa shape index (κ1) is 25.0. The molecular weight excluding hydrogens is 453 g/mol. The van der Waals surface area contributed by atoms with Gasteiger partial charge in [-0.3, -0.25) is 19.1 Å². The van der Waals surface area contributed by atoms with Crippen molar-refractivity contribution in [1.29, 1.82) is 0 Å². The highest BCUT2D eigenvalue weighted by Crippen LogP contribution is 2.24. The van der Waals surface area contributed by atoms with Gasteiger partial charge in [-0.05, 0) is 24.1 Å². The van der Waals surface area contributed by atoms with Crippen molar-refractivity contribution < 1.29 is 27.9 Å². The van der Waals surface area contributed by atoms with Gasteiger partial charge in [0.25, 0.3) is 5.91 Å². The second kappa shape index (κ2) is 11.0. The average Bonchev–Trinajstić information content (AvgIpc) is 3.43. The zero-order valence-electron chi connectivity index (χ0n) is 18.4. The van der Waals surface area contributed by atoms with Gasteiger partial charge in [-0.2, -0.15) is 23.4 Å². The number of hydrogen-bond donors (Lipinski definition) is 2. The SMILES string of the molecule is Cn1nccc1C(=O)NCCC1CN(Cc2ccccc2)Cc2ccnn21.O=C(O)C(F)(F)F. The number of aliphatic carboxylic acids is 1. The van der Waals surface area contributed by atoms with Gasteiger partial charge in [0.2, 0.25) is 0 Å². The summed E-state index contributed by atoms with van der Waals surface area (Å²) in [7, 11) is 1.77. The van der Waals surface area contributed by atoms with Crippen molar-refractivity contribution in [3.8, 4) is 0 Å². The summed E-state index contributed by atoms with van der Waals surface area (Å²) in [5.41, 5.74) is 3.11. The zero-order chi connectivity index (χ0) is 24.7. The van der Waals surface area contributed by atoms with Gasteiger partial charge in [0.05, 0.1) is 11.7 Å². The normalized spacial score (nSPS) is 15.7. The molecule has 2 N–H and O–H groups in total. The van der Waals surface area contributed by atoms with Gasteiger partial charge in [-0.25, -0.2) is 4.79 Å². The molecule has 0 spiro atoms. The van der Waals surface area contributed by atoms with E-state index in [2.05, 4.69) is 55.4 Å². The first-order valence-corrected chi connectivity index (χ1v) is 10.5. The summed E-state index contributed by atoms with van der Waals surface area (Å²) >= 11 is 0. The molecule has 3 heterocycles. The Kier molecular flexibility index (Phi) is 8.05. The number of carboxylic acids is 1. The fourth-order valence-corrected chi connectivity index (χ4v) is 3.68. The molecule has 1 aromatic carbocycles. The number of aromatic nitrogens is 4. The van der Waals surface area contributed by atoms with Crippen molar-refractivity contribution >= 4 is 11.9 Å². The van der Waals surface area contributed by atoms with E-state index < -0.39 is 12.1 Å². The van der Waals surface area contributed by atoms with E-state index in [9.17, 15) is 18.0 Å². The van der Waals surface area contributed by atoms with E-state index in [1.54, 1.807) is 24.0 Å². The molecular formula is C22H25F3N6O3. The molecule has 1 aliphatic rings. The maximum atomic E-state index is 12.3. The molecule has 0 fully saturated rings. The Morgan fingerprint density at radius 2 is 1.79 bits per heavy atom. The first-order valence-electron chi connectivity index (χ1n) is 10.5. The molecule has 182 valence electrons. The summed E-state index contributed by atoms with van der Waals surface area (Å²) in [6.45, 7) is 3.34. The number of benzene rings is 1. The van der Waals surface area contributed by atoms with Gasteiger partial charge in [-0.15, -0.1) is 0 Å². The Bertz CT molecular complexity index is 1100. The number of nitrogens with zero attached hydrogens (tertiary/aromatic N) is 5. The second-order valence-electron chi connectivity index (χ2n) is 7.76. The lowest BCUT2D eigenvalue weighted by Gasteiger charge is -2.34. The van der Waals surface area contributed by atoms with Crippen LogP contribution >= 0.6 is 0 Å². The lowest BCUT2D eigenvalue weighted by atomic mass is 10.1. The number of carbonyl (C=O) groups excluding carboxylic acids is 1. The molecule has 0 radical (unpaired) electrons. The highest BCUT2D eigenvalue weighted by atomic mass is 19.4. The number of nitrogens with one attached hydrogen (secondary N) is 1. The molecule has 3 aromatic rings. The maximum absolute atomic E-state index is 12.3. The minimum Gasteiger partial charge on any atom is -0.475 e. The summed E-state index contributed by atoms with van der Waals surface area (Å²) in [6.07, 6.45) is -0.750. The number of amides is 1. The van der Waals surface area contributed by atoms with Gasteiger partial charge in [0.15, 0.2) is 0 Å². The fourth-order valence-electron chi connectivity index (χ4n) is 3.68. The Morgan fingerprint density at radius 1 is 1.12 bits per heavy atom. The standard InChI is InChI=1S/C20H24N6O.C2HF3O2/c1-24-19(9-12-22-24)20(27)21-10-7-17-14-25(13-16-5-3-2-4-6-16)15-18-8-11-23-26(17)18;3-2(4,5)1(6)7/h2-6,8-9,11-12,17H,7,10,13-15H2,1H3,(H,21,27);(H,6,7). The van der Waals surface area contributed by atoms with Crippen molar-refractivity contribution in [3.05, 3.63) is 71.8 Å². The molecule has 34 heavy (non-hydrogen) atoms. The number of carbonyl (C=O) groups is 2. The van der Waals surface area contributed by atoms with Crippen LogP contribution in [0, 0.1) is 0 Å². The fraction of sp³-hybridized carbons (Fsp3) is 0.364. The summed E-state index contributed by atoms with van der Waals surface area (Å²) in [5.74, 6) is -2.85. The number of carboxylic acid groups (broad SMARTS) is 1. The van der Waals surface area contributed by atoms with E-state index in [0.717, 1.165) is 26.1 Å². The lowest BCUT2D eigenvalue weighted by Crippen LogP contribution is -2.39. The Balaban J connectivity index is 0.000000406. The smallest absolute Gasteiger partial charge is 0.475 e. The topological polar surface area (TPSA) is 105 Å². The van der Waals surface area contributed by atoms with Crippen LogP contribution in [0.1, 0.15) is 34.2 Å². The Morgan fingerprint density at radius 3 is 2.41 bits per heavy atom. The lowest BCUT2D eigenvalue weighted by molar-refractivity contribution is -0.192. The van der Waals surface area contributed by atoms with Crippen molar-refractivity contribution in [2.75, 3.05) is 13.1 Å². The van der Waals surface area contributed by atoms with Gasteiger partial charge in [0.1, 0.15) is 5.69 Å². The monoisotopic (exact) mass is 478 g/mol. The highest BCUT2D eigenvalue weighted by Gasteiger charge is 2.38. The molecule has 0 saturated heterocycles. The van der Waals surface area contributed by atoms with Crippen molar-refractivity contribution in [2.45, 2.75) is 31.7 Å². The molecule has 0 aliphatic carbocycles. The molecule has 4 rings (SSSR count). The van der Waals surface area contributed by atoms with Crippen LogP contribution in [-0.4, -0.2) is 60.7 Å². The van der Waals surface area contributed by atoms with E-state index in [-0.39, 0.29) is 11.9 Å². The molecule has 9 nitrogen and oxygen atoms in total. The predicted molar refractivity (Wildman–Crippen MR) is 116 cm³/mol. The molecule has 2 aromatic heterocycles. The van der Waals surface area contributed by atoms with E-state index >= 15 is 0 Å². The van der Waals surface area contributed by atoms with Gasteiger partial charge >= 0.3 is 12.1 Å². The van der Waals surface area contributed by atoms with Crippen molar-refractivity contribution in [3.63, 3.8) is 0 Å². The molecule has 1 unspecified atom stereocenters. The zero-order valence-corrected chi connectivity index (χ0v) is 18.4. The van der Waals surface area contributed by atoms with Crippen LogP contribution in [0.25, 0.3) is 0 Å². The largest absolute Gasteiger partial charge is 0.490 e. The number of hydrogen-bond acceptors (Lipinski definition) is 5. The summed E-state index contributed by atoms with van der Waals surface area (Å²) < 4.78 is 35.4. The molecule has 0 bridgehead atoms. The maximum Gasteiger partial charge on any atom is 0.490 e. The minimum absolute atomic E-state index is 0.0901. The summed E-state index contributed by atoms with van der Waals surface area (Å²) in [4.78, 5) is 23.6. The van der Waals surface area contributed by atoms with Crippen LogP contribution < -0.4 is 5.32 Å². The van der Waals surface area contributed by atoms with Crippen LogP contribution in [-0.2, 0) is 24.9 Å². The molecule has 1 aliphatic heterocycles. The molecule has 0 saturated carbocycles. The van der Waals surface area contributed by atoms with E-state index in [4.69, 9.17) is 9.90 Å². The molecule has 1 atom stereocenters. The number of alkyl halides is 3. The summed E-state index contributed by atoms with van der Waals surface area (Å²) in [5, 5.41) is 18.7. The minimum atomic E-state index is -5.08. The molecule has 12 heteroatoms.